The number of hydrogen-bond donors (Lipinski definition) is 2. The van der Waals surface area contributed by atoms with E-state index in [1.807, 2.05) is 24.3 Å². The average Bonchev–Trinajstić information content (AvgIpc) is 2.97. The van der Waals surface area contributed by atoms with E-state index in [4.69, 9.17) is 5.11 Å². The lowest BCUT2D eigenvalue weighted by molar-refractivity contribution is -0.142. The van der Waals surface area contributed by atoms with E-state index in [1.54, 1.807) is 23.3 Å². The number of carbonyl (C=O) groups is 2. The van der Waals surface area contributed by atoms with Crippen molar-refractivity contribution < 1.29 is 14.7 Å². The molecule has 2 amide bonds. The summed E-state index contributed by atoms with van der Waals surface area (Å²) in [5.41, 5.74) is 0.957. The number of hydrogen-bond acceptors (Lipinski definition) is 4. The number of nitrogens with one attached hydrogen (secondary N) is 1. The van der Waals surface area contributed by atoms with Crippen molar-refractivity contribution in [3.05, 3.63) is 29.3 Å². The molecule has 7 heteroatoms. The number of thiazole rings is 1. The maximum atomic E-state index is 12.3. The number of benzene rings is 1. The predicted octanol–water partition coefficient (Wildman–Crippen LogP) is 3.08. The van der Waals surface area contributed by atoms with Crippen molar-refractivity contribution >= 4 is 33.6 Å². The molecule has 1 aliphatic carbocycles. The highest BCUT2D eigenvalue weighted by Crippen LogP contribution is 2.25. The van der Waals surface area contributed by atoms with Gasteiger partial charge in [0, 0.05) is 13.1 Å². The van der Waals surface area contributed by atoms with Gasteiger partial charge in [-0.25, -0.2) is 9.78 Å². The van der Waals surface area contributed by atoms with Gasteiger partial charge in [-0.2, -0.15) is 0 Å². The number of fused-ring (bicyclic) bond motifs is 1. The second-order valence-electron chi connectivity index (χ2n) is 6.27. The summed E-state index contributed by atoms with van der Waals surface area (Å²) in [4.78, 5) is 29.5. The topological polar surface area (TPSA) is 82.5 Å². The molecule has 6 nitrogen and oxygen atoms in total. The lowest BCUT2D eigenvalue weighted by atomic mass is 9.86. The van der Waals surface area contributed by atoms with Gasteiger partial charge in [-0.15, -0.1) is 11.3 Å². The molecular weight excluding hydrogens is 326 g/mol. The number of rotatable bonds is 4. The van der Waals surface area contributed by atoms with Crippen LogP contribution in [0.25, 0.3) is 10.2 Å². The highest BCUT2D eigenvalue weighted by atomic mass is 32.1. The van der Waals surface area contributed by atoms with Crippen LogP contribution in [0.3, 0.4) is 0 Å². The van der Waals surface area contributed by atoms with Crippen molar-refractivity contribution in [1.82, 2.24) is 15.2 Å². The van der Waals surface area contributed by atoms with Gasteiger partial charge in [0.05, 0.1) is 22.7 Å². The van der Waals surface area contributed by atoms with Crippen LogP contribution in [0.5, 0.6) is 0 Å². The quantitative estimate of drug-likeness (QED) is 0.890. The van der Waals surface area contributed by atoms with Crippen molar-refractivity contribution in [3.63, 3.8) is 0 Å². The van der Waals surface area contributed by atoms with E-state index in [9.17, 15) is 9.59 Å². The molecule has 2 N–H and O–H groups in total. The fourth-order valence-electron chi connectivity index (χ4n) is 3.03. The summed E-state index contributed by atoms with van der Waals surface area (Å²) < 4.78 is 1.12. The minimum Gasteiger partial charge on any atom is -0.481 e. The Morgan fingerprint density at radius 2 is 2.00 bits per heavy atom. The number of carboxylic acid groups (broad SMARTS) is 1. The largest absolute Gasteiger partial charge is 0.481 e. The number of urea groups is 1. The lowest BCUT2D eigenvalue weighted by Gasteiger charge is -2.28. The molecular formula is C17H21N3O3S. The second-order valence-corrected chi connectivity index (χ2v) is 7.38. The van der Waals surface area contributed by atoms with E-state index in [1.165, 1.54) is 0 Å². The van der Waals surface area contributed by atoms with Crippen molar-refractivity contribution in [1.29, 1.82) is 0 Å². The summed E-state index contributed by atoms with van der Waals surface area (Å²) in [5, 5.41) is 12.9. The molecule has 0 saturated heterocycles. The molecule has 0 spiro atoms. The molecule has 3 rings (SSSR count). The van der Waals surface area contributed by atoms with Crippen LogP contribution in [0.4, 0.5) is 4.79 Å². The Balaban J connectivity index is 1.52. The zero-order valence-corrected chi connectivity index (χ0v) is 14.4. The highest BCUT2D eigenvalue weighted by Gasteiger charge is 2.27. The normalized spacial score (nSPS) is 20.7. The first-order chi connectivity index (χ1) is 11.5. The smallest absolute Gasteiger partial charge is 0.317 e. The van der Waals surface area contributed by atoms with Crippen molar-refractivity contribution in [2.75, 3.05) is 7.05 Å². The molecule has 1 aromatic carbocycles. The molecule has 1 fully saturated rings. The van der Waals surface area contributed by atoms with E-state index in [0.717, 1.165) is 28.1 Å². The number of para-hydroxylation sites is 1. The Kier molecular flexibility index (Phi) is 4.99. The number of aliphatic carboxylic acids is 1. The first-order valence-electron chi connectivity index (χ1n) is 8.12. The maximum absolute atomic E-state index is 12.3. The van der Waals surface area contributed by atoms with Gasteiger partial charge >= 0.3 is 12.0 Å². The summed E-state index contributed by atoms with van der Waals surface area (Å²) >= 11 is 1.59. The van der Waals surface area contributed by atoms with Crippen LogP contribution in [0.2, 0.25) is 0 Å². The first kappa shape index (κ1) is 16.7. The van der Waals surface area contributed by atoms with Gasteiger partial charge in [0.1, 0.15) is 5.01 Å². The summed E-state index contributed by atoms with van der Waals surface area (Å²) in [6, 6.07) is 7.86. The zero-order chi connectivity index (χ0) is 17.1. The average molecular weight is 347 g/mol. The van der Waals surface area contributed by atoms with E-state index < -0.39 is 5.97 Å². The van der Waals surface area contributed by atoms with Gasteiger partial charge in [-0.3, -0.25) is 4.79 Å². The van der Waals surface area contributed by atoms with Gasteiger partial charge < -0.3 is 15.3 Å². The van der Waals surface area contributed by atoms with Gasteiger partial charge in [-0.1, -0.05) is 12.1 Å². The van der Waals surface area contributed by atoms with Crippen LogP contribution in [-0.2, 0) is 11.3 Å². The first-order valence-corrected chi connectivity index (χ1v) is 8.93. The van der Waals surface area contributed by atoms with Crippen LogP contribution in [-0.4, -0.2) is 40.1 Å². The maximum Gasteiger partial charge on any atom is 0.317 e. The Labute approximate surface area is 144 Å². The molecule has 128 valence electrons. The van der Waals surface area contributed by atoms with Crippen LogP contribution in [0.1, 0.15) is 30.7 Å². The third-order valence-corrected chi connectivity index (χ3v) is 5.48. The van der Waals surface area contributed by atoms with Crippen LogP contribution in [0, 0.1) is 5.92 Å². The predicted molar refractivity (Wildman–Crippen MR) is 93.0 cm³/mol. The molecule has 2 aromatic rings. The third kappa shape index (κ3) is 3.84. The van der Waals surface area contributed by atoms with Crippen LogP contribution in [0.15, 0.2) is 24.3 Å². The Bertz CT molecular complexity index is 705. The summed E-state index contributed by atoms with van der Waals surface area (Å²) in [7, 11) is 1.75. The Morgan fingerprint density at radius 1 is 1.29 bits per heavy atom. The molecule has 1 heterocycles. The van der Waals surface area contributed by atoms with Crippen molar-refractivity contribution in [2.24, 2.45) is 5.92 Å². The molecule has 0 atom stereocenters. The van der Waals surface area contributed by atoms with E-state index in [0.29, 0.717) is 19.4 Å². The second kappa shape index (κ2) is 7.17. The fourth-order valence-corrected chi connectivity index (χ4v) is 4.05. The van der Waals surface area contributed by atoms with Crippen LogP contribution >= 0.6 is 11.3 Å². The molecule has 0 bridgehead atoms. The van der Waals surface area contributed by atoms with E-state index in [2.05, 4.69) is 10.3 Å². The third-order valence-electron chi connectivity index (χ3n) is 4.46. The molecule has 0 radical (unpaired) electrons. The SMILES string of the molecule is CN(Cc1nc2ccccc2s1)C(=O)NC1CCC(C(=O)O)CC1. The van der Waals surface area contributed by atoms with Crippen molar-refractivity contribution in [2.45, 2.75) is 38.3 Å². The fraction of sp³-hybridized carbons (Fsp3) is 0.471. The molecule has 0 aliphatic heterocycles. The van der Waals surface area contributed by atoms with E-state index in [-0.39, 0.29) is 18.0 Å². The molecule has 1 saturated carbocycles. The standard InChI is InChI=1S/C17H21N3O3S/c1-20(10-15-19-13-4-2-3-5-14(13)24-15)17(23)18-12-8-6-11(7-9-12)16(21)22/h2-5,11-12H,6-10H2,1H3,(H,18,23)(H,21,22). The number of nitrogens with zero attached hydrogens (tertiary/aromatic N) is 2. The minimum absolute atomic E-state index is 0.0610. The van der Waals surface area contributed by atoms with Gasteiger partial charge in [-0.05, 0) is 37.8 Å². The zero-order valence-electron chi connectivity index (χ0n) is 13.6. The highest BCUT2D eigenvalue weighted by molar-refractivity contribution is 7.18. The monoisotopic (exact) mass is 347 g/mol. The summed E-state index contributed by atoms with van der Waals surface area (Å²) in [6.07, 6.45) is 2.69. The van der Waals surface area contributed by atoms with Crippen molar-refractivity contribution in [3.8, 4) is 0 Å². The lowest BCUT2D eigenvalue weighted by Crippen LogP contribution is -2.44. The van der Waals surface area contributed by atoms with Crippen LogP contribution < -0.4 is 5.32 Å². The number of amides is 2. The molecule has 24 heavy (non-hydrogen) atoms. The Hall–Kier alpha value is -2.15. The molecule has 1 aliphatic rings. The molecule has 1 aromatic heterocycles. The van der Waals surface area contributed by atoms with Gasteiger partial charge in [0.25, 0.3) is 0 Å². The number of aromatic nitrogens is 1. The number of carbonyl (C=O) groups excluding carboxylic acids is 1. The summed E-state index contributed by atoms with van der Waals surface area (Å²) in [5.74, 6) is -0.994. The number of carboxylic acids is 1. The van der Waals surface area contributed by atoms with E-state index >= 15 is 0 Å². The summed E-state index contributed by atoms with van der Waals surface area (Å²) in [6.45, 7) is 0.468. The Morgan fingerprint density at radius 3 is 2.67 bits per heavy atom. The molecule has 0 unspecified atom stereocenters. The minimum atomic E-state index is -0.729. The van der Waals surface area contributed by atoms with Gasteiger partial charge in [0.2, 0.25) is 0 Å². The van der Waals surface area contributed by atoms with Gasteiger partial charge in [0.15, 0.2) is 0 Å².